The first-order valence-corrected chi connectivity index (χ1v) is 5.38. The molecule has 0 aliphatic carbocycles. The van der Waals surface area contributed by atoms with Gasteiger partial charge >= 0.3 is 0 Å². The molecule has 1 heterocycles. The Morgan fingerprint density at radius 2 is 1.76 bits per heavy atom. The molecular weight excluding hydrogens is 218 g/mol. The molecule has 0 radical (unpaired) electrons. The van der Waals surface area contributed by atoms with Gasteiger partial charge in [-0.05, 0) is 6.92 Å². The molecule has 1 aromatic heterocycles. The van der Waals surface area contributed by atoms with Gasteiger partial charge in [0.25, 0.3) is 5.69 Å². The van der Waals surface area contributed by atoms with Crippen molar-refractivity contribution < 1.29 is 19.5 Å². The van der Waals surface area contributed by atoms with Crippen LogP contribution in [-0.4, -0.2) is 16.8 Å². The summed E-state index contributed by atoms with van der Waals surface area (Å²) in [5.74, 6) is 0.351. The van der Waals surface area contributed by atoms with Gasteiger partial charge in [0.15, 0.2) is 29.6 Å². The highest BCUT2D eigenvalue weighted by Crippen LogP contribution is 2.33. The Balaban J connectivity index is 2.47. The summed E-state index contributed by atoms with van der Waals surface area (Å²) in [5.41, 5.74) is 0.506. The van der Waals surface area contributed by atoms with Crippen LogP contribution in [0.2, 0.25) is 0 Å². The molecule has 2 aromatic rings. The molecular formula is C13H14NO3+. The molecule has 0 aliphatic heterocycles. The summed E-state index contributed by atoms with van der Waals surface area (Å²) in [6.07, 6.45) is 3.57. The molecule has 0 spiro atoms. The van der Waals surface area contributed by atoms with Crippen LogP contribution in [0, 0.1) is 0 Å². The molecule has 4 nitrogen and oxygen atoms in total. The molecule has 0 unspecified atom stereocenters. The Hall–Kier alpha value is -2.23. The predicted molar refractivity (Wildman–Crippen MR) is 62.5 cm³/mol. The number of ether oxygens (including phenoxy) is 1. The number of rotatable bonds is 3. The van der Waals surface area contributed by atoms with E-state index in [1.807, 2.05) is 25.1 Å². The quantitative estimate of drug-likeness (QED) is 0.626. The van der Waals surface area contributed by atoms with Gasteiger partial charge in [0.2, 0.25) is 0 Å². The summed E-state index contributed by atoms with van der Waals surface area (Å²) in [5, 5.41) is 19.6. The standard InChI is InChI=1S/C13H13NO3/c1-2-17-13-9-11(15)10(8-12(13)16)14-6-4-3-5-7-14/h3-9H,2H2,1H3,(H-,15,16)/p+1. The number of hydrogen-bond donors (Lipinski definition) is 2. The number of nitrogens with zero attached hydrogens (tertiary/aromatic N) is 1. The highest BCUT2D eigenvalue weighted by Gasteiger charge is 2.16. The summed E-state index contributed by atoms with van der Waals surface area (Å²) in [6, 6.07) is 8.44. The molecule has 0 aliphatic rings. The maximum absolute atomic E-state index is 9.88. The second-order valence-electron chi connectivity index (χ2n) is 3.52. The largest absolute Gasteiger partial charge is 0.504 e. The minimum Gasteiger partial charge on any atom is -0.504 e. The van der Waals surface area contributed by atoms with E-state index in [9.17, 15) is 10.2 Å². The molecule has 88 valence electrons. The summed E-state index contributed by atoms with van der Waals surface area (Å²) in [7, 11) is 0. The van der Waals surface area contributed by atoms with E-state index in [-0.39, 0.29) is 17.2 Å². The summed E-state index contributed by atoms with van der Waals surface area (Å²) >= 11 is 0. The van der Waals surface area contributed by atoms with Crippen LogP contribution in [0.1, 0.15) is 6.92 Å². The zero-order valence-electron chi connectivity index (χ0n) is 9.50. The van der Waals surface area contributed by atoms with Crippen molar-refractivity contribution >= 4 is 0 Å². The lowest BCUT2D eigenvalue weighted by atomic mass is 10.2. The Kier molecular flexibility index (Phi) is 3.14. The van der Waals surface area contributed by atoms with Crippen LogP contribution in [0.25, 0.3) is 5.69 Å². The minimum absolute atomic E-state index is 0.0102. The van der Waals surface area contributed by atoms with Crippen molar-refractivity contribution in [1.82, 2.24) is 0 Å². The SMILES string of the molecule is CCOc1cc(O)c(-[n+]2ccccc2)cc1O. The van der Waals surface area contributed by atoms with E-state index >= 15 is 0 Å². The van der Waals surface area contributed by atoms with Gasteiger partial charge in [-0.1, -0.05) is 6.07 Å². The topological polar surface area (TPSA) is 53.6 Å². The fourth-order valence-corrected chi connectivity index (χ4v) is 1.58. The average Bonchev–Trinajstić information content (AvgIpc) is 2.35. The molecule has 0 atom stereocenters. The second kappa shape index (κ2) is 4.74. The van der Waals surface area contributed by atoms with Crippen molar-refractivity contribution in [3.63, 3.8) is 0 Å². The fourth-order valence-electron chi connectivity index (χ4n) is 1.58. The third-order valence-electron chi connectivity index (χ3n) is 2.35. The zero-order valence-corrected chi connectivity index (χ0v) is 9.50. The van der Waals surface area contributed by atoms with E-state index < -0.39 is 0 Å². The molecule has 0 bridgehead atoms. The van der Waals surface area contributed by atoms with Gasteiger partial charge in [-0.15, -0.1) is 0 Å². The van der Waals surface area contributed by atoms with E-state index in [2.05, 4.69) is 0 Å². The third kappa shape index (κ3) is 2.30. The van der Waals surface area contributed by atoms with Crippen LogP contribution in [0.3, 0.4) is 0 Å². The molecule has 0 saturated carbocycles. The number of phenolic OH excluding ortho intramolecular Hbond substituents is 2. The zero-order chi connectivity index (χ0) is 12.3. The lowest BCUT2D eigenvalue weighted by Crippen LogP contribution is -2.28. The van der Waals surface area contributed by atoms with Crippen LogP contribution in [-0.2, 0) is 0 Å². The van der Waals surface area contributed by atoms with Crippen molar-refractivity contribution in [2.75, 3.05) is 6.61 Å². The van der Waals surface area contributed by atoms with Gasteiger partial charge in [-0.3, -0.25) is 0 Å². The molecule has 0 saturated heterocycles. The lowest BCUT2D eigenvalue weighted by Gasteiger charge is -2.07. The smallest absolute Gasteiger partial charge is 0.256 e. The first-order valence-electron chi connectivity index (χ1n) is 5.38. The van der Waals surface area contributed by atoms with Gasteiger partial charge < -0.3 is 14.9 Å². The van der Waals surface area contributed by atoms with Gasteiger partial charge in [0, 0.05) is 18.2 Å². The predicted octanol–water partition coefficient (Wildman–Crippen LogP) is 1.77. The van der Waals surface area contributed by atoms with E-state index in [0.29, 0.717) is 12.3 Å². The Bertz CT molecular complexity index is 512. The molecule has 4 heteroatoms. The highest BCUT2D eigenvalue weighted by molar-refractivity contribution is 5.53. The van der Waals surface area contributed by atoms with E-state index in [0.717, 1.165) is 0 Å². The van der Waals surface area contributed by atoms with E-state index in [4.69, 9.17) is 4.74 Å². The molecule has 0 amide bonds. The van der Waals surface area contributed by atoms with Gasteiger partial charge in [-0.25, -0.2) is 0 Å². The van der Waals surface area contributed by atoms with Gasteiger partial charge in [-0.2, -0.15) is 4.57 Å². The van der Waals surface area contributed by atoms with E-state index in [1.54, 1.807) is 17.0 Å². The number of aromatic nitrogens is 1. The van der Waals surface area contributed by atoms with Crippen LogP contribution < -0.4 is 9.30 Å². The summed E-state index contributed by atoms with van der Waals surface area (Å²) in [6.45, 7) is 2.25. The highest BCUT2D eigenvalue weighted by atomic mass is 16.5. The Morgan fingerprint density at radius 3 is 2.41 bits per heavy atom. The van der Waals surface area contributed by atoms with Crippen molar-refractivity contribution in [3.05, 3.63) is 42.7 Å². The lowest BCUT2D eigenvalue weighted by molar-refractivity contribution is -0.596. The van der Waals surface area contributed by atoms with Crippen molar-refractivity contribution in [2.45, 2.75) is 6.92 Å². The maximum Gasteiger partial charge on any atom is 0.256 e. The van der Waals surface area contributed by atoms with Crippen LogP contribution in [0.5, 0.6) is 17.2 Å². The number of benzene rings is 1. The number of phenols is 2. The fraction of sp³-hybridized carbons (Fsp3) is 0.154. The molecule has 17 heavy (non-hydrogen) atoms. The Morgan fingerprint density at radius 1 is 1.06 bits per heavy atom. The van der Waals surface area contributed by atoms with Crippen LogP contribution >= 0.6 is 0 Å². The van der Waals surface area contributed by atoms with Crippen molar-refractivity contribution in [2.24, 2.45) is 0 Å². The van der Waals surface area contributed by atoms with Gasteiger partial charge in [0.1, 0.15) is 0 Å². The van der Waals surface area contributed by atoms with Crippen molar-refractivity contribution in [3.8, 4) is 22.9 Å². The van der Waals surface area contributed by atoms with Crippen molar-refractivity contribution in [1.29, 1.82) is 0 Å². The molecule has 0 fully saturated rings. The maximum atomic E-state index is 9.88. The first-order chi connectivity index (χ1) is 8.22. The molecule has 1 aromatic carbocycles. The van der Waals surface area contributed by atoms with Gasteiger partial charge in [0.05, 0.1) is 12.7 Å². The van der Waals surface area contributed by atoms with E-state index in [1.165, 1.54) is 12.1 Å². The number of pyridine rings is 1. The average molecular weight is 232 g/mol. The molecule has 2 N–H and O–H groups in total. The number of hydrogen-bond acceptors (Lipinski definition) is 3. The summed E-state index contributed by atoms with van der Waals surface area (Å²) in [4.78, 5) is 0. The normalized spacial score (nSPS) is 10.2. The summed E-state index contributed by atoms with van der Waals surface area (Å²) < 4.78 is 6.90. The monoisotopic (exact) mass is 232 g/mol. The van der Waals surface area contributed by atoms with Crippen LogP contribution in [0.4, 0.5) is 0 Å². The second-order valence-corrected chi connectivity index (χ2v) is 3.52. The minimum atomic E-state index is 0.0102. The first kappa shape index (κ1) is 11.3. The number of aromatic hydroxyl groups is 2. The van der Waals surface area contributed by atoms with Crippen LogP contribution in [0.15, 0.2) is 42.7 Å². The Labute approximate surface area is 99.4 Å². The molecule has 2 rings (SSSR count). The third-order valence-corrected chi connectivity index (χ3v) is 2.35.